The maximum absolute atomic E-state index is 13.5. The summed E-state index contributed by atoms with van der Waals surface area (Å²) in [6, 6.07) is 21.9. The van der Waals surface area contributed by atoms with Gasteiger partial charge in [-0.25, -0.2) is 18.4 Å². The number of ether oxygens (including phenoxy) is 2. The molecule has 0 bridgehead atoms. The Morgan fingerprint density at radius 2 is 1.72 bits per heavy atom. The van der Waals surface area contributed by atoms with Gasteiger partial charge in [0.15, 0.2) is 0 Å². The van der Waals surface area contributed by atoms with Crippen LogP contribution in [0.5, 0.6) is 17.2 Å². The van der Waals surface area contributed by atoms with Crippen LogP contribution in [0.15, 0.2) is 96.3 Å². The number of fused-ring (bicyclic) bond motifs is 1. The van der Waals surface area contributed by atoms with Crippen LogP contribution in [-0.4, -0.2) is 64.8 Å². The molecule has 1 saturated heterocycles. The van der Waals surface area contributed by atoms with Crippen molar-refractivity contribution in [2.45, 2.75) is 66.0 Å². The van der Waals surface area contributed by atoms with Crippen molar-refractivity contribution >= 4 is 50.1 Å². The van der Waals surface area contributed by atoms with E-state index in [-0.39, 0.29) is 29.4 Å². The summed E-state index contributed by atoms with van der Waals surface area (Å²) in [5.41, 5.74) is 3.08. The molecule has 8 rings (SSSR count). The molecule has 3 aromatic carbocycles. The number of halogens is 1. The van der Waals surface area contributed by atoms with Gasteiger partial charge in [-0.2, -0.15) is 5.26 Å². The Morgan fingerprint density at radius 1 is 0.984 bits per heavy atom. The van der Waals surface area contributed by atoms with Crippen LogP contribution >= 0.6 is 11.6 Å². The number of anilines is 2. The van der Waals surface area contributed by atoms with Crippen molar-refractivity contribution in [2.75, 3.05) is 28.5 Å². The first-order chi connectivity index (χ1) is 30.5. The number of rotatable bonds is 13. The number of pyridine rings is 1. The van der Waals surface area contributed by atoms with Gasteiger partial charge in [-0.05, 0) is 86.2 Å². The van der Waals surface area contributed by atoms with Crippen LogP contribution in [0.3, 0.4) is 0 Å². The predicted molar refractivity (Wildman–Crippen MR) is 249 cm³/mol. The fourth-order valence-electron chi connectivity index (χ4n) is 9.57. The Kier molecular flexibility index (Phi) is 12.0. The monoisotopic (exact) mass is 902 g/mol. The number of nitrogens with one attached hydrogen (secondary N) is 3. The molecule has 1 aliphatic carbocycles. The van der Waals surface area contributed by atoms with E-state index in [0.29, 0.717) is 73.0 Å². The van der Waals surface area contributed by atoms with Crippen molar-refractivity contribution in [3.8, 4) is 34.4 Å². The number of hydrogen-bond donors (Lipinski definition) is 3. The van der Waals surface area contributed by atoms with Crippen molar-refractivity contribution in [3.63, 3.8) is 0 Å². The SMILES string of the molecule is CCS(=O)(=O)Nc1ccc(Oc2cccc(CC3CCN(c4ncc(C(=O)NC5C(C)(C)C(Oc6ccc(C#N)c(Cl)c6)C5(C)C)cn4)CC3)c2)c(-c2cn(C)c(=O)c3[nH]ccc23)c1. The topological polar surface area (TPSA) is 184 Å². The van der Waals surface area contributed by atoms with Gasteiger partial charge >= 0.3 is 0 Å². The van der Waals surface area contributed by atoms with Gasteiger partial charge in [-0.3, -0.25) is 14.3 Å². The first-order valence-corrected chi connectivity index (χ1v) is 23.3. The van der Waals surface area contributed by atoms with E-state index >= 15 is 0 Å². The summed E-state index contributed by atoms with van der Waals surface area (Å²) < 4.78 is 42.0. The van der Waals surface area contributed by atoms with Gasteiger partial charge in [-0.1, -0.05) is 51.4 Å². The molecule has 3 N–H and O–H groups in total. The standard InChI is InChI=1S/C48H51ClN8O6S/c1-7-64(60,61)55-33-12-14-40(37(23-33)38-28-56(6)43(59)41-36(38)15-18-51-41)62-34-10-8-9-30(22-34)21-29-16-19-57(20-17-29)46-52-26-32(27-53-46)42(58)54-44-47(2,3)45(48(44,4)5)63-35-13-11-31(25-50)39(49)24-35/h8-15,18,22-24,26-29,44-45,51,55H,7,16-17,19-21H2,1-6H3,(H,54,58). The fourth-order valence-corrected chi connectivity index (χ4v) is 10.4. The molecule has 332 valence electrons. The Balaban J connectivity index is 0.888. The first-order valence-electron chi connectivity index (χ1n) is 21.3. The highest BCUT2D eigenvalue weighted by atomic mass is 35.5. The summed E-state index contributed by atoms with van der Waals surface area (Å²) in [5.74, 6) is 2.40. The number of nitriles is 1. The van der Waals surface area contributed by atoms with E-state index in [0.717, 1.165) is 37.9 Å². The van der Waals surface area contributed by atoms with E-state index in [1.54, 1.807) is 75.2 Å². The first kappa shape index (κ1) is 44.2. The van der Waals surface area contributed by atoms with E-state index < -0.39 is 20.9 Å². The lowest BCUT2D eigenvalue weighted by Gasteiger charge is -2.63. The van der Waals surface area contributed by atoms with Crippen molar-refractivity contribution in [1.82, 2.24) is 24.8 Å². The largest absolute Gasteiger partial charge is 0.489 e. The van der Waals surface area contributed by atoms with Crippen LogP contribution in [-0.2, 0) is 23.5 Å². The number of benzene rings is 3. The molecule has 4 heterocycles. The lowest BCUT2D eigenvalue weighted by atomic mass is 9.49. The van der Waals surface area contributed by atoms with E-state index in [1.165, 1.54) is 4.57 Å². The lowest BCUT2D eigenvalue weighted by molar-refractivity contribution is -0.164. The number of H-pyrrole nitrogens is 1. The molecule has 1 aliphatic heterocycles. The van der Waals surface area contributed by atoms with Crippen molar-refractivity contribution < 1.29 is 22.7 Å². The molecule has 2 fully saturated rings. The highest BCUT2D eigenvalue weighted by Crippen LogP contribution is 2.55. The number of piperidine rings is 1. The van der Waals surface area contributed by atoms with Crippen molar-refractivity contribution in [1.29, 1.82) is 5.26 Å². The molecule has 64 heavy (non-hydrogen) atoms. The number of sulfonamides is 1. The number of amides is 1. The zero-order valence-electron chi connectivity index (χ0n) is 36.6. The highest BCUT2D eigenvalue weighted by Gasteiger charge is 2.64. The lowest BCUT2D eigenvalue weighted by Crippen LogP contribution is -2.74. The minimum atomic E-state index is -3.54. The summed E-state index contributed by atoms with van der Waals surface area (Å²) in [5, 5.41) is 13.5. The van der Waals surface area contributed by atoms with Gasteiger partial charge < -0.3 is 29.2 Å². The summed E-state index contributed by atoms with van der Waals surface area (Å²) in [6.07, 6.45) is 9.10. The smallest absolute Gasteiger partial charge is 0.274 e. The van der Waals surface area contributed by atoms with Crippen molar-refractivity contribution in [2.24, 2.45) is 23.8 Å². The second-order valence-electron chi connectivity index (χ2n) is 17.9. The molecule has 0 spiro atoms. The average molecular weight is 904 g/mol. The second kappa shape index (κ2) is 17.3. The second-order valence-corrected chi connectivity index (χ2v) is 20.3. The molecule has 0 radical (unpaired) electrons. The van der Waals surface area contributed by atoms with Gasteiger partial charge in [-0.15, -0.1) is 0 Å². The third kappa shape index (κ3) is 8.76. The quantitative estimate of drug-likeness (QED) is 0.102. The molecule has 16 heteroatoms. The molecule has 14 nitrogen and oxygen atoms in total. The normalized spacial score (nSPS) is 18.2. The van der Waals surface area contributed by atoms with Crippen LogP contribution in [0.25, 0.3) is 22.0 Å². The van der Waals surface area contributed by atoms with Crippen LogP contribution < -0.4 is 30.0 Å². The zero-order valence-corrected chi connectivity index (χ0v) is 38.2. The van der Waals surface area contributed by atoms with Gasteiger partial charge in [0.1, 0.15) is 34.9 Å². The average Bonchev–Trinajstić information content (AvgIpc) is 3.77. The molecule has 2 aliphatic rings. The summed E-state index contributed by atoms with van der Waals surface area (Å²) in [7, 11) is -1.86. The van der Waals surface area contributed by atoms with Crippen molar-refractivity contribution in [3.05, 3.63) is 124 Å². The Hall–Kier alpha value is -6.37. The van der Waals surface area contributed by atoms with E-state index in [2.05, 4.69) is 69.7 Å². The number of aromatic amines is 1. The minimum absolute atomic E-state index is 0.0758. The number of aromatic nitrogens is 4. The summed E-state index contributed by atoms with van der Waals surface area (Å²) in [6.45, 7) is 11.4. The van der Waals surface area contributed by atoms with Gasteiger partial charge in [0.05, 0.1) is 21.9 Å². The number of hydrogen-bond acceptors (Lipinski definition) is 10. The van der Waals surface area contributed by atoms with Crippen LogP contribution in [0, 0.1) is 28.1 Å². The molecule has 6 aromatic rings. The van der Waals surface area contributed by atoms with Crippen LogP contribution in [0.1, 0.15) is 68.9 Å². The molecular weight excluding hydrogens is 852 g/mol. The summed E-state index contributed by atoms with van der Waals surface area (Å²) in [4.78, 5) is 40.8. The van der Waals surface area contributed by atoms with Gasteiger partial charge in [0.2, 0.25) is 16.0 Å². The van der Waals surface area contributed by atoms with Crippen LogP contribution in [0.4, 0.5) is 11.6 Å². The third-order valence-corrected chi connectivity index (χ3v) is 14.3. The third-order valence-electron chi connectivity index (χ3n) is 12.7. The Morgan fingerprint density at radius 3 is 2.41 bits per heavy atom. The number of nitrogens with zero attached hydrogens (tertiary/aromatic N) is 5. The molecule has 1 amide bonds. The molecule has 0 unspecified atom stereocenters. The van der Waals surface area contributed by atoms with E-state index in [1.807, 2.05) is 24.3 Å². The maximum atomic E-state index is 13.5. The minimum Gasteiger partial charge on any atom is -0.489 e. The Labute approximate surface area is 377 Å². The molecule has 3 aromatic heterocycles. The molecule has 0 atom stereocenters. The highest BCUT2D eigenvalue weighted by molar-refractivity contribution is 7.92. The number of carbonyl (C=O) groups excluding carboxylic acids is 1. The Bertz CT molecular complexity index is 2940. The summed E-state index contributed by atoms with van der Waals surface area (Å²) >= 11 is 6.26. The number of aryl methyl sites for hydroxylation is 1. The van der Waals surface area contributed by atoms with Crippen LogP contribution in [0.2, 0.25) is 5.02 Å². The molecule has 1 saturated carbocycles. The maximum Gasteiger partial charge on any atom is 0.274 e. The fraction of sp³-hybridized carbons (Fsp3) is 0.354. The number of carbonyl (C=O) groups is 1. The van der Waals surface area contributed by atoms with E-state index in [4.69, 9.17) is 21.1 Å². The molecular formula is C48H51ClN8O6S. The van der Waals surface area contributed by atoms with E-state index in [9.17, 15) is 23.3 Å². The van der Waals surface area contributed by atoms with Gasteiger partial charge in [0, 0.05) is 90.1 Å². The van der Waals surface area contributed by atoms with Gasteiger partial charge in [0.25, 0.3) is 11.5 Å². The zero-order chi connectivity index (χ0) is 45.6. The predicted octanol–water partition coefficient (Wildman–Crippen LogP) is 8.47.